The number of fused-ring (bicyclic) bond motifs is 1. The minimum Gasteiger partial charge on any atom is -0.400 e. The van der Waals surface area contributed by atoms with Crippen molar-refractivity contribution >= 4 is 29.3 Å². The summed E-state index contributed by atoms with van der Waals surface area (Å²) in [6.07, 6.45) is 6.80. The van der Waals surface area contributed by atoms with Gasteiger partial charge < -0.3 is 21.2 Å². The number of nitrogens with one attached hydrogen (secondary N) is 2. The highest BCUT2D eigenvalue weighted by Gasteiger charge is 2.27. The number of aliphatic hydroxyl groups excluding tert-OH is 1. The molecule has 0 spiro atoms. The molecule has 2 aliphatic rings. The smallest absolute Gasteiger partial charge is 0.355 e. The molecule has 0 saturated heterocycles. The summed E-state index contributed by atoms with van der Waals surface area (Å²) in [5, 5.41) is 15.5. The molecule has 0 saturated carbocycles. The molecule has 1 unspecified atom stereocenters. The lowest BCUT2D eigenvalue weighted by atomic mass is 10.0. The zero-order valence-electron chi connectivity index (χ0n) is 19.9. The van der Waals surface area contributed by atoms with E-state index in [1.54, 1.807) is 29.6 Å². The molecule has 2 aromatic rings. The van der Waals surface area contributed by atoms with Crippen LogP contribution in [0.4, 0.5) is 19.1 Å². The third-order valence-corrected chi connectivity index (χ3v) is 6.48. The van der Waals surface area contributed by atoms with Gasteiger partial charge in [0.25, 0.3) is 0 Å². The maximum atomic E-state index is 14.5. The standard InChI is InChI=1S/C23H23ClF3N7O3S/c1-38-11-14(28)10-34-22(36)30-21(33(23(34)37)9-12-4-17(26)18(27)7-16(12)25)29-20-5-13-8-32(2-3-35)31-19(13)6-15(20)24/h4-8,11,19,31,35H,2-3,9-10,28H2,1H3,(H,29,30,36)/b14-11-. The second-order valence-corrected chi connectivity index (χ2v) is 9.42. The van der Waals surface area contributed by atoms with Crippen molar-refractivity contribution in [3.05, 3.63) is 102 Å². The zero-order chi connectivity index (χ0) is 27.6. The van der Waals surface area contributed by atoms with Crippen molar-refractivity contribution in [2.45, 2.75) is 19.1 Å². The molecule has 1 aliphatic carbocycles. The SMILES string of the molecule is CS/C=C(\N)Cn1c(=O)nc(NC2=CC3=CN(CCO)NC3C=C2Cl)n(Cc2cc(F)c(F)cc2F)c1=O. The van der Waals surface area contributed by atoms with E-state index in [-0.39, 0.29) is 47.1 Å². The number of rotatable bonds is 9. The number of halogens is 4. The molecule has 0 amide bonds. The van der Waals surface area contributed by atoms with Crippen LogP contribution in [0.1, 0.15) is 5.56 Å². The summed E-state index contributed by atoms with van der Waals surface area (Å²) in [5.41, 5.74) is 8.01. The maximum absolute atomic E-state index is 14.5. The van der Waals surface area contributed by atoms with Crippen LogP contribution in [-0.4, -0.2) is 49.7 Å². The van der Waals surface area contributed by atoms with Gasteiger partial charge in [-0.25, -0.2) is 32.8 Å². The lowest BCUT2D eigenvalue weighted by Crippen LogP contribution is -2.44. The molecule has 1 aromatic carbocycles. The van der Waals surface area contributed by atoms with Gasteiger partial charge >= 0.3 is 11.4 Å². The van der Waals surface area contributed by atoms with Gasteiger partial charge in [-0.15, -0.1) is 11.8 Å². The number of thioether (sulfide) groups is 1. The number of hydrazine groups is 1. The van der Waals surface area contributed by atoms with Crippen LogP contribution in [0, 0.1) is 17.5 Å². The fraction of sp³-hybridized carbons (Fsp3) is 0.261. The average molecular weight is 570 g/mol. The Morgan fingerprint density at radius 3 is 2.71 bits per heavy atom. The number of hydrogen-bond acceptors (Lipinski definition) is 9. The van der Waals surface area contributed by atoms with Crippen molar-refractivity contribution in [3.63, 3.8) is 0 Å². The quantitative estimate of drug-likeness (QED) is 0.332. The second kappa shape index (κ2) is 11.5. The van der Waals surface area contributed by atoms with Crippen molar-refractivity contribution in [2.24, 2.45) is 5.73 Å². The lowest BCUT2D eigenvalue weighted by molar-refractivity contribution is 0.203. The van der Waals surface area contributed by atoms with Gasteiger partial charge in [-0.05, 0) is 35.5 Å². The van der Waals surface area contributed by atoms with Gasteiger partial charge in [0.2, 0.25) is 5.95 Å². The summed E-state index contributed by atoms with van der Waals surface area (Å²) in [6.45, 7) is -0.638. The van der Waals surface area contributed by atoms with E-state index in [9.17, 15) is 27.9 Å². The van der Waals surface area contributed by atoms with Crippen LogP contribution in [0.25, 0.3) is 0 Å². The van der Waals surface area contributed by atoms with Crippen molar-refractivity contribution in [3.8, 4) is 0 Å². The number of anilines is 1. The van der Waals surface area contributed by atoms with Crippen molar-refractivity contribution < 1.29 is 18.3 Å². The first-order valence-corrected chi connectivity index (χ1v) is 12.8. The molecule has 1 aromatic heterocycles. The van der Waals surface area contributed by atoms with Gasteiger partial charge in [0.1, 0.15) is 5.82 Å². The Morgan fingerprint density at radius 1 is 1.26 bits per heavy atom. The fourth-order valence-electron chi connectivity index (χ4n) is 3.87. The van der Waals surface area contributed by atoms with Crippen molar-refractivity contribution in [1.82, 2.24) is 24.6 Å². The van der Waals surface area contributed by atoms with Crippen LogP contribution >= 0.6 is 23.4 Å². The number of allylic oxidation sites excluding steroid dienone is 2. The molecule has 0 bridgehead atoms. The van der Waals surface area contributed by atoms with Gasteiger partial charge in [-0.2, -0.15) is 4.98 Å². The van der Waals surface area contributed by atoms with E-state index < -0.39 is 35.4 Å². The Balaban J connectivity index is 1.79. The predicted molar refractivity (Wildman–Crippen MR) is 138 cm³/mol. The normalized spacial score (nSPS) is 17.2. The first-order valence-electron chi connectivity index (χ1n) is 11.2. The molecule has 2 heterocycles. The Kier molecular flexibility index (Phi) is 8.35. The van der Waals surface area contributed by atoms with Crippen LogP contribution in [0.2, 0.25) is 0 Å². The molecule has 202 valence electrons. The minimum atomic E-state index is -1.39. The topological polar surface area (TPSA) is 130 Å². The summed E-state index contributed by atoms with van der Waals surface area (Å²) in [4.78, 5) is 30.1. The highest BCUT2D eigenvalue weighted by molar-refractivity contribution is 8.01. The molecule has 0 fully saturated rings. The fourth-order valence-corrected chi connectivity index (χ4v) is 4.47. The Bertz CT molecular complexity index is 1500. The molecular weight excluding hydrogens is 547 g/mol. The molecule has 10 nitrogen and oxygen atoms in total. The first kappa shape index (κ1) is 27.6. The summed E-state index contributed by atoms with van der Waals surface area (Å²) in [7, 11) is 0. The number of aliphatic hydroxyl groups is 1. The Hall–Kier alpha value is -3.46. The molecule has 4 rings (SSSR count). The average Bonchev–Trinajstić information content (AvgIpc) is 3.23. The van der Waals surface area contributed by atoms with E-state index >= 15 is 0 Å². The molecule has 1 atom stereocenters. The molecule has 38 heavy (non-hydrogen) atoms. The summed E-state index contributed by atoms with van der Waals surface area (Å²) >= 11 is 7.70. The monoisotopic (exact) mass is 569 g/mol. The summed E-state index contributed by atoms with van der Waals surface area (Å²) < 4.78 is 43.5. The van der Waals surface area contributed by atoms with Crippen LogP contribution in [0.5, 0.6) is 0 Å². The Labute approximate surface area is 223 Å². The van der Waals surface area contributed by atoms with E-state index in [1.165, 1.54) is 17.2 Å². The number of hydrogen-bond donors (Lipinski definition) is 4. The van der Waals surface area contributed by atoms with Crippen LogP contribution < -0.4 is 27.9 Å². The molecule has 15 heteroatoms. The maximum Gasteiger partial charge on any atom is 0.355 e. The predicted octanol–water partition coefficient (Wildman–Crippen LogP) is 1.53. The van der Waals surface area contributed by atoms with Gasteiger partial charge in [0.15, 0.2) is 11.6 Å². The van der Waals surface area contributed by atoms with Gasteiger partial charge in [-0.1, -0.05) is 11.6 Å². The third-order valence-electron chi connectivity index (χ3n) is 5.62. The number of β-amino-alcohol motifs (C(OH)–C–C–N with tert-alkyl or cyclic N) is 1. The van der Waals surface area contributed by atoms with Crippen molar-refractivity contribution in [1.29, 1.82) is 0 Å². The van der Waals surface area contributed by atoms with E-state index in [2.05, 4.69) is 15.7 Å². The number of benzene rings is 1. The lowest BCUT2D eigenvalue weighted by Gasteiger charge is -2.22. The molecule has 0 radical (unpaired) electrons. The van der Waals surface area contributed by atoms with E-state index in [0.29, 0.717) is 18.7 Å². The van der Waals surface area contributed by atoms with E-state index in [0.717, 1.165) is 14.7 Å². The highest BCUT2D eigenvalue weighted by atomic mass is 35.5. The Morgan fingerprint density at radius 2 is 2.00 bits per heavy atom. The van der Waals surface area contributed by atoms with Gasteiger partial charge in [0, 0.05) is 23.5 Å². The first-order chi connectivity index (χ1) is 18.1. The minimum absolute atomic E-state index is 0.0839. The second-order valence-electron chi connectivity index (χ2n) is 8.31. The number of nitrogens with zero attached hydrogens (tertiary/aromatic N) is 4. The summed E-state index contributed by atoms with van der Waals surface area (Å²) in [5.74, 6) is -4.09. The molecule has 1 aliphatic heterocycles. The van der Waals surface area contributed by atoms with Crippen LogP contribution in [-0.2, 0) is 13.1 Å². The van der Waals surface area contributed by atoms with Gasteiger partial charge in [0.05, 0.1) is 43.0 Å². The summed E-state index contributed by atoms with van der Waals surface area (Å²) in [6, 6.07) is 0.720. The number of nitrogens with two attached hydrogens (primary N) is 1. The van der Waals surface area contributed by atoms with Crippen LogP contribution in [0.15, 0.2) is 67.5 Å². The number of aromatic nitrogens is 3. The van der Waals surface area contributed by atoms with E-state index in [1.807, 2.05) is 0 Å². The van der Waals surface area contributed by atoms with Crippen LogP contribution in [0.3, 0.4) is 0 Å². The van der Waals surface area contributed by atoms with Crippen molar-refractivity contribution in [2.75, 3.05) is 24.7 Å². The highest BCUT2D eigenvalue weighted by Crippen LogP contribution is 2.29. The van der Waals surface area contributed by atoms with Gasteiger partial charge in [-0.3, -0.25) is 4.57 Å². The third kappa shape index (κ3) is 5.83. The zero-order valence-corrected chi connectivity index (χ0v) is 21.5. The molecule has 5 N–H and O–H groups in total. The largest absolute Gasteiger partial charge is 0.400 e. The molecular formula is C23H23ClF3N7O3S. The van der Waals surface area contributed by atoms with E-state index in [4.69, 9.17) is 17.3 Å².